The van der Waals surface area contributed by atoms with Gasteiger partial charge in [-0.2, -0.15) is 5.26 Å². The Morgan fingerprint density at radius 2 is 2.38 bits per heavy atom. The molecule has 0 aliphatic carbocycles. The van der Waals surface area contributed by atoms with Gasteiger partial charge in [0.2, 0.25) is 0 Å². The van der Waals surface area contributed by atoms with Crippen LogP contribution in [-0.2, 0) is 9.53 Å². The summed E-state index contributed by atoms with van der Waals surface area (Å²) in [7, 11) is 1.60. The predicted octanol–water partition coefficient (Wildman–Crippen LogP) is 1.60. The molecule has 0 bridgehead atoms. The minimum Gasteiger partial charge on any atom is -0.733 e. The van der Waals surface area contributed by atoms with Gasteiger partial charge in [0.1, 0.15) is 17.0 Å². The molecule has 1 heterocycles. The molecule has 24 heavy (non-hydrogen) atoms. The Morgan fingerprint density at radius 1 is 1.58 bits per heavy atom. The van der Waals surface area contributed by atoms with E-state index in [0.717, 1.165) is 6.42 Å². The first-order valence-corrected chi connectivity index (χ1v) is 8.05. The zero-order valence-corrected chi connectivity index (χ0v) is 13.8. The number of carbonyl (C=O) groups is 1. The molecule has 1 aromatic rings. The molecular weight excluding hydrogens is 332 g/mol. The minimum absolute atomic E-state index is 0.0254. The molecule has 1 amide bonds. The third kappa shape index (κ3) is 4.39. The third-order valence-corrected chi connectivity index (χ3v) is 4.48. The summed E-state index contributed by atoms with van der Waals surface area (Å²) in [4.78, 5) is 12.1. The third-order valence-electron chi connectivity index (χ3n) is 3.27. The van der Waals surface area contributed by atoms with Gasteiger partial charge >= 0.3 is 0 Å². The number of anilines is 1. The van der Waals surface area contributed by atoms with E-state index in [1.807, 2.05) is 6.07 Å². The fraction of sp³-hybridized carbons (Fsp3) is 0.333. The van der Waals surface area contributed by atoms with Crippen molar-refractivity contribution in [1.82, 2.24) is 10.6 Å². The van der Waals surface area contributed by atoms with Gasteiger partial charge < -0.3 is 25.8 Å². The number of nitrogens with one attached hydrogen (secondary N) is 2. The summed E-state index contributed by atoms with van der Waals surface area (Å²) in [6.45, 7) is 1.13. The SMILES string of the molecule is COCCCNC1=C(C#N)C(=O)NC(c2cccc(N([O-])O)c2)S1. The molecule has 2 rings (SSSR count). The summed E-state index contributed by atoms with van der Waals surface area (Å²) in [5.41, 5.74) is 0.721. The monoisotopic (exact) mass is 349 g/mol. The van der Waals surface area contributed by atoms with Gasteiger partial charge in [-0.25, -0.2) is 0 Å². The van der Waals surface area contributed by atoms with Crippen LogP contribution >= 0.6 is 11.8 Å². The summed E-state index contributed by atoms with van der Waals surface area (Å²) >= 11 is 1.27. The van der Waals surface area contributed by atoms with Crippen molar-refractivity contribution < 1.29 is 14.7 Å². The Balaban J connectivity index is 2.18. The normalized spacial score (nSPS) is 17.2. The van der Waals surface area contributed by atoms with Gasteiger partial charge in [0.25, 0.3) is 5.91 Å². The molecule has 1 aliphatic rings. The van der Waals surface area contributed by atoms with Crippen LogP contribution in [0.1, 0.15) is 17.4 Å². The molecule has 1 aromatic carbocycles. The zero-order chi connectivity index (χ0) is 17.5. The molecule has 1 atom stereocenters. The van der Waals surface area contributed by atoms with Crippen molar-refractivity contribution in [2.24, 2.45) is 0 Å². The summed E-state index contributed by atoms with van der Waals surface area (Å²) in [6, 6.07) is 8.16. The van der Waals surface area contributed by atoms with Gasteiger partial charge in [-0.05, 0) is 24.1 Å². The second-order valence-electron chi connectivity index (χ2n) is 4.93. The molecular formula is C15H17N4O4S-. The maximum Gasteiger partial charge on any atom is 0.265 e. The van der Waals surface area contributed by atoms with Crippen molar-refractivity contribution in [3.05, 3.63) is 45.6 Å². The predicted molar refractivity (Wildman–Crippen MR) is 89.7 cm³/mol. The van der Waals surface area contributed by atoms with Crippen LogP contribution < -0.4 is 15.9 Å². The van der Waals surface area contributed by atoms with Crippen LogP contribution in [0.3, 0.4) is 0 Å². The number of benzene rings is 1. The van der Waals surface area contributed by atoms with Gasteiger partial charge in [0, 0.05) is 20.3 Å². The average molecular weight is 349 g/mol. The number of rotatable bonds is 7. The van der Waals surface area contributed by atoms with E-state index in [1.54, 1.807) is 19.2 Å². The smallest absolute Gasteiger partial charge is 0.265 e. The van der Waals surface area contributed by atoms with E-state index >= 15 is 0 Å². The number of carbonyl (C=O) groups excluding carboxylic acids is 1. The zero-order valence-electron chi connectivity index (χ0n) is 13.0. The van der Waals surface area contributed by atoms with Crippen molar-refractivity contribution in [2.75, 3.05) is 25.5 Å². The number of thioether (sulfide) groups is 1. The molecule has 128 valence electrons. The number of ether oxygens (including phenoxy) is 1. The van der Waals surface area contributed by atoms with Crippen LogP contribution in [0.5, 0.6) is 0 Å². The van der Waals surface area contributed by atoms with Crippen molar-refractivity contribution >= 4 is 23.4 Å². The van der Waals surface area contributed by atoms with Gasteiger partial charge in [-0.1, -0.05) is 23.9 Å². The summed E-state index contributed by atoms with van der Waals surface area (Å²) in [5.74, 6) is -0.483. The highest BCUT2D eigenvalue weighted by Gasteiger charge is 2.28. The fourth-order valence-corrected chi connectivity index (χ4v) is 3.23. The second-order valence-corrected chi connectivity index (χ2v) is 6.04. The molecule has 3 N–H and O–H groups in total. The molecule has 0 spiro atoms. The maximum absolute atomic E-state index is 12.1. The first-order valence-electron chi connectivity index (χ1n) is 7.17. The van der Waals surface area contributed by atoms with Crippen LogP contribution in [0.4, 0.5) is 5.69 Å². The Hall–Kier alpha value is -2.25. The van der Waals surface area contributed by atoms with E-state index in [9.17, 15) is 15.3 Å². The van der Waals surface area contributed by atoms with E-state index in [-0.39, 0.29) is 16.5 Å². The van der Waals surface area contributed by atoms with Gasteiger partial charge in [-0.3, -0.25) is 10.0 Å². The van der Waals surface area contributed by atoms with E-state index in [4.69, 9.17) is 9.94 Å². The molecule has 0 saturated carbocycles. The van der Waals surface area contributed by atoms with Crippen LogP contribution in [0.15, 0.2) is 34.9 Å². The maximum atomic E-state index is 12.1. The number of amides is 1. The molecule has 1 aliphatic heterocycles. The lowest BCUT2D eigenvalue weighted by molar-refractivity contribution is -0.117. The van der Waals surface area contributed by atoms with E-state index in [0.29, 0.717) is 23.7 Å². The van der Waals surface area contributed by atoms with Crippen LogP contribution in [-0.4, -0.2) is 31.4 Å². The quantitative estimate of drug-likeness (QED) is 0.501. The van der Waals surface area contributed by atoms with E-state index in [2.05, 4.69) is 10.6 Å². The Labute approximate surface area is 143 Å². The molecule has 0 fully saturated rings. The molecule has 1 unspecified atom stereocenters. The Kier molecular flexibility index (Phi) is 6.45. The summed E-state index contributed by atoms with van der Waals surface area (Å²) in [6.07, 6.45) is 0.733. The minimum atomic E-state index is -0.483. The van der Waals surface area contributed by atoms with Crippen molar-refractivity contribution in [1.29, 1.82) is 5.26 Å². The molecule has 9 heteroatoms. The average Bonchev–Trinajstić information content (AvgIpc) is 2.58. The van der Waals surface area contributed by atoms with Gasteiger partial charge in [0.15, 0.2) is 0 Å². The number of nitriles is 1. The number of hydrogen-bond acceptors (Lipinski definition) is 8. The lowest BCUT2D eigenvalue weighted by Gasteiger charge is -2.28. The summed E-state index contributed by atoms with van der Waals surface area (Å²) < 4.78 is 4.97. The topological polar surface area (TPSA) is 121 Å². The highest BCUT2D eigenvalue weighted by Crippen LogP contribution is 2.37. The lowest BCUT2D eigenvalue weighted by atomic mass is 10.2. The molecule has 0 aromatic heterocycles. The van der Waals surface area contributed by atoms with E-state index in [1.165, 1.54) is 23.9 Å². The highest BCUT2D eigenvalue weighted by atomic mass is 32.2. The highest BCUT2D eigenvalue weighted by molar-refractivity contribution is 8.03. The molecule has 8 nitrogen and oxygen atoms in total. The first kappa shape index (κ1) is 18.1. The van der Waals surface area contributed by atoms with Gasteiger partial charge in [-0.15, -0.1) is 0 Å². The standard InChI is InChI=1S/C15H17N4O4S/c1-23-7-3-6-17-15-12(9-16)13(20)18-14(24-15)10-4-2-5-11(8-10)19(21)22/h2,4-5,8,14,17,21H,3,6-7H2,1H3,(H,18,20)/q-1. The molecule has 0 radical (unpaired) electrons. The second kappa shape index (κ2) is 8.56. The van der Waals surface area contributed by atoms with Crippen LogP contribution in [0, 0.1) is 16.5 Å². The Morgan fingerprint density at radius 3 is 3.04 bits per heavy atom. The van der Waals surface area contributed by atoms with Gasteiger partial charge in [0.05, 0.1) is 10.7 Å². The lowest BCUT2D eigenvalue weighted by Crippen LogP contribution is -2.35. The molecule has 0 saturated heterocycles. The largest absolute Gasteiger partial charge is 0.733 e. The van der Waals surface area contributed by atoms with Crippen LogP contribution in [0.2, 0.25) is 0 Å². The van der Waals surface area contributed by atoms with Crippen molar-refractivity contribution in [2.45, 2.75) is 11.8 Å². The number of nitrogens with zero attached hydrogens (tertiary/aromatic N) is 2. The van der Waals surface area contributed by atoms with E-state index < -0.39 is 11.3 Å². The van der Waals surface area contributed by atoms with Crippen molar-refractivity contribution in [3.63, 3.8) is 0 Å². The number of hydrogen-bond donors (Lipinski definition) is 3. The summed E-state index contributed by atoms with van der Waals surface area (Å²) in [5, 5.41) is 34.8. The first-order chi connectivity index (χ1) is 11.6. The van der Waals surface area contributed by atoms with Crippen LogP contribution in [0.25, 0.3) is 0 Å². The fourth-order valence-electron chi connectivity index (χ4n) is 2.11. The Bertz CT molecular complexity index is 672. The number of methoxy groups -OCH3 is 1. The van der Waals surface area contributed by atoms with Crippen molar-refractivity contribution in [3.8, 4) is 6.07 Å².